The standard InChI is InChI=1S/C18H28N4O2.C17H26N4O2.C16H22N4O/c1-6-18(3,4)20-16-8-7-14(11-19-16)17(24)22-10-9-15(12-22)21(5)13(2)23;1-12(22)20(5)14-8-9-21(11-14)16(23)13-6-7-15(18-10-13)19-17(2,3)4;1-15(2,3)19-13-6-5-12(9-18-13)14(21)20-8-7-16(4,10-17)11-20/h7-8,11,15H,6,9-10,12H2,1-5H3,(H,19,20);6-7,10,14H,8-9,11H2,1-5H3,(H,18,19);5-6,9H,7-8,11H2,1-4H3,(H,18,19)/t15-;14-;16-/m001/s1. The molecule has 3 aromatic rings. The van der Waals surface area contributed by atoms with Crippen molar-refractivity contribution in [3.63, 3.8) is 0 Å². The van der Waals surface area contributed by atoms with Crippen LogP contribution < -0.4 is 16.0 Å². The van der Waals surface area contributed by atoms with Crippen LogP contribution in [-0.4, -0.2) is 151 Å². The van der Waals surface area contributed by atoms with Crippen molar-refractivity contribution in [2.75, 3.05) is 69.3 Å². The van der Waals surface area contributed by atoms with Crippen molar-refractivity contribution in [1.82, 2.24) is 39.5 Å². The van der Waals surface area contributed by atoms with E-state index >= 15 is 0 Å². The summed E-state index contributed by atoms with van der Waals surface area (Å²) in [6.07, 6.45) is 8.17. The fourth-order valence-corrected chi connectivity index (χ4v) is 7.76. The van der Waals surface area contributed by atoms with E-state index in [9.17, 15) is 24.0 Å². The second kappa shape index (κ2) is 22.7. The molecule has 0 spiro atoms. The van der Waals surface area contributed by atoms with Gasteiger partial charge < -0.3 is 40.4 Å². The zero-order chi connectivity index (χ0) is 50.8. The molecule has 68 heavy (non-hydrogen) atoms. The normalized spacial score (nSPS) is 19.1. The van der Waals surface area contributed by atoms with E-state index in [4.69, 9.17) is 5.26 Å². The Hall–Kier alpha value is -6.31. The first kappa shape index (κ1) is 54.3. The number of hydrogen-bond donors (Lipinski definition) is 3. The molecule has 3 N–H and O–H groups in total. The summed E-state index contributed by atoms with van der Waals surface area (Å²) < 4.78 is 0. The number of pyridine rings is 3. The topological polar surface area (TPSA) is 200 Å². The van der Waals surface area contributed by atoms with Gasteiger partial charge in [0.1, 0.15) is 17.5 Å². The fourth-order valence-electron chi connectivity index (χ4n) is 7.76. The van der Waals surface area contributed by atoms with Crippen molar-refractivity contribution in [3.05, 3.63) is 71.7 Å². The van der Waals surface area contributed by atoms with E-state index < -0.39 is 5.41 Å². The summed E-state index contributed by atoms with van der Waals surface area (Å²) in [4.78, 5) is 82.2. The van der Waals surface area contributed by atoms with Gasteiger partial charge in [-0.2, -0.15) is 5.26 Å². The number of amides is 5. The minimum atomic E-state index is -0.420. The number of likely N-dealkylation sites (tertiary alicyclic amines) is 3. The summed E-state index contributed by atoms with van der Waals surface area (Å²) in [5.41, 5.74) is 1.14. The third kappa shape index (κ3) is 15.9. The van der Waals surface area contributed by atoms with Gasteiger partial charge in [0.15, 0.2) is 0 Å². The van der Waals surface area contributed by atoms with Crippen LogP contribution in [0.1, 0.15) is 140 Å². The number of carbonyl (C=O) groups is 5. The van der Waals surface area contributed by atoms with Gasteiger partial charge in [0.2, 0.25) is 11.8 Å². The van der Waals surface area contributed by atoms with Gasteiger partial charge in [-0.3, -0.25) is 24.0 Å². The van der Waals surface area contributed by atoms with Crippen LogP contribution in [0.15, 0.2) is 55.0 Å². The molecule has 6 heterocycles. The van der Waals surface area contributed by atoms with Crippen LogP contribution in [0.25, 0.3) is 0 Å². The Morgan fingerprint density at radius 1 is 0.647 bits per heavy atom. The molecular formula is C51H76N12O5. The van der Waals surface area contributed by atoms with E-state index in [0.29, 0.717) is 56.0 Å². The second-order valence-electron chi connectivity index (χ2n) is 21.2. The highest BCUT2D eigenvalue weighted by Crippen LogP contribution is 2.30. The quantitative estimate of drug-likeness (QED) is 0.188. The Balaban J connectivity index is 0.000000223. The van der Waals surface area contributed by atoms with Gasteiger partial charge in [0.25, 0.3) is 17.7 Å². The molecule has 5 amide bonds. The lowest BCUT2D eigenvalue weighted by Gasteiger charge is -2.25. The second-order valence-corrected chi connectivity index (χ2v) is 21.2. The number of likely N-dealkylation sites (N-methyl/N-ethyl adjacent to an activating group) is 2. The third-order valence-electron chi connectivity index (χ3n) is 12.4. The van der Waals surface area contributed by atoms with Gasteiger partial charge in [-0.1, -0.05) is 6.92 Å². The van der Waals surface area contributed by atoms with Crippen molar-refractivity contribution in [2.45, 2.75) is 137 Å². The molecule has 17 nitrogen and oxygen atoms in total. The number of nitriles is 1. The molecule has 3 fully saturated rings. The molecule has 3 aliphatic rings. The van der Waals surface area contributed by atoms with Crippen molar-refractivity contribution >= 4 is 47.0 Å². The molecule has 3 atom stereocenters. The molecule has 3 saturated heterocycles. The van der Waals surface area contributed by atoms with Gasteiger partial charge in [0, 0.05) is 102 Å². The highest BCUT2D eigenvalue weighted by Gasteiger charge is 2.37. The summed E-state index contributed by atoms with van der Waals surface area (Å²) in [5, 5.41) is 19.0. The average Bonchev–Trinajstić information content (AvgIpc) is 4.07. The monoisotopic (exact) mass is 937 g/mol. The lowest BCUT2D eigenvalue weighted by Crippen LogP contribution is -2.39. The van der Waals surface area contributed by atoms with Crippen LogP contribution in [-0.2, 0) is 9.59 Å². The number of aromatic nitrogens is 3. The summed E-state index contributed by atoms with van der Waals surface area (Å²) in [6, 6.07) is 13.4. The number of nitrogens with one attached hydrogen (secondary N) is 3. The number of nitrogens with zero attached hydrogens (tertiary/aromatic N) is 9. The summed E-state index contributed by atoms with van der Waals surface area (Å²) in [7, 11) is 3.58. The molecular weight excluding hydrogens is 861 g/mol. The van der Waals surface area contributed by atoms with Crippen molar-refractivity contribution in [3.8, 4) is 6.07 Å². The van der Waals surface area contributed by atoms with Crippen molar-refractivity contribution in [2.24, 2.45) is 5.41 Å². The van der Waals surface area contributed by atoms with Crippen molar-refractivity contribution < 1.29 is 24.0 Å². The van der Waals surface area contributed by atoms with Gasteiger partial charge in [-0.05, 0) is 124 Å². The Bertz CT molecular complexity index is 2250. The van der Waals surface area contributed by atoms with Crippen LogP contribution in [0.4, 0.5) is 17.5 Å². The average molecular weight is 937 g/mol. The van der Waals surface area contributed by atoms with Gasteiger partial charge in [0.05, 0.1) is 40.3 Å². The zero-order valence-electron chi connectivity index (χ0n) is 43.0. The van der Waals surface area contributed by atoms with Crippen LogP contribution in [0.2, 0.25) is 0 Å². The summed E-state index contributed by atoms with van der Waals surface area (Å²) >= 11 is 0. The van der Waals surface area contributed by atoms with Gasteiger partial charge >= 0.3 is 0 Å². The molecule has 0 aliphatic carbocycles. The number of anilines is 3. The third-order valence-corrected chi connectivity index (χ3v) is 12.4. The molecule has 0 aromatic carbocycles. The van der Waals surface area contributed by atoms with E-state index in [1.54, 1.807) is 83.2 Å². The lowest BCUT2D eigenvalue weighted by atomic mass is 9.92. The summed E-state index contributed by atoms with van der Waals surface area (Å²) in [6.45, 7) is 27.3. The van der Waals surface area contributed by atoms with Gasteiger partial charge in [-0.25, -0.2) is 15.0 Å². The maximum atomic E-state index is 12.6. The SMILES string of the molecule is CC(=O)N(C)[C@H]1CCN(C(=O)c2ccc(NC(C)(C)C)nc2)C1.CC(C)(C)Nc1ccc(C(=O)N2CC[C@](C)(C#N)C2)cn1.CCC(C)(C)Nc1ccc(C(=O)N2CC[C@H](N(C)C(C)=O)C2)cn1. The van der Waals surface area contributed by atoms with E-state index in [1.165, 1.54) is 0 Å². The lowest BCUT2D eigenvalue weighted by molar-refractivity contribution is -0.130. The Morgan fingerprint density at radius 2 is 1.01 bits per heavy atom. The molecule has 17 heteroatoms. The Kier molecular flexibility index (Phi) is 18.1. The molecule has 0 unspecified atom stereocenters. The zero-order valence-corrected chi connectivity index (χ0v) is 43.0. The molecule has 3 aromatic heterocycles. The van der Waals surface area contributed by atoms with Gasteiger partial charge in [-0.15, -0.1) is 0 Å². The minimum absolute atomic E-state index is 0.0248. The summed E-state index contributed by atoms with van der Waals surface area (Å²) in [5.74, 6) is 2.24. The van der Waals surface area contributed by atoms with E-state index in [0.717, 1.165) is 43.1 Å². The van der Waals surface area contributed by atoms with E-state index in [1.807, 2.05) is 31.2 Å². The van der Waals surface area contributed by atoms with E-state index in [-0.39, 0.29) is 58.2 Å². The number of hydrogen-bond acceptors (Lipinski definition) is 12. The minimum Gasteiger partial charge on any atom is -0.365 e. The van der Waals surface area contributed by atoms with Crippen LogP contribution >= 0.6 is 0 Å². The number of carbonyl (C=O) groups excluding carboxylic acids is 5. The molecule has 370 valence electrons. The maximum absolute atomic E-state index is 12.6. The molecule has 0 saturated carbocycles. The predicted molar refractivity (Wildman–Crippen MR) is 267 cm³/mol. The first-order chi connectivity index (χ1) is 31.6. The first-order valence-corrected chi connectivity index (χ1v) is 23.6. The molecule has 0 bridgehead atoms. The fraction of sp³-hybridized carbons (Fsp3) is 0.588. The van der Waals surface area contributed by atoms with Crippen LogP contribution in [0.5, 0.6) is 0 Å². The molecule has 0 radical (unpaired) electrons. The van der Waals surface area contributed by atoms with E-state index in [2.05, 4.69) is 99.3 Å². The first-order valence-electron chi connectivity index (χ1n) is 23.6. The number of rotatable bonds is 10. The smallest absolute Gasteiger partial charge is 0.255 e. The maximum Gasteiger partial charge on any atom is 0.255 e. The Labute approximate surface area is 404 Å². The highest BCUT2D eigenvalue weighted by atomic mass is 16.2. The molecule has 6 rings (SSSR count). The largest absolute Gasteiger partial charge is 0.365 e. The highest BCUT2D eigenvalue weighted by molar-refractivity contribution is 5.95. The Morgan fingerprint density at radius 3 is 1.31 bits per heavy atom. The predicted octanol–water partition coefficient (Wildman–Crippen LogP) is 7.03. The molecule has 3 aliphatic heterocycles. The van der Waals surface area contributed by atoms with Crippen LogP contribution in [0, 0.1) is 16.7 Å². The van der Waals surface area contributed by atoms with Crippen molar-refractivity contribution in [1.29, 1.82) is 5.26 Å². The van der Waals surface area contributed by atoms with Crippen LogP contribution in [0.3, 0.4) is 0 Å².